The monoisotopic (exact) mass is 250 g/mol. The van der Waals surface area contributed by atoms with Gasteiger partial charge in [0.1, 0.15) is 0 Å². The molecule has 0 aromatic carbocycles. The summed E-state index contributed by atoms with van der Waals surface area (Å²) in [7, 11) is 0. The van der Waals surface area contributed by atoms with Gasteiger partial charge in [-0.1, -0.05) is 0 Å². The zero-order chi connectivity index (χ0) is 5.41. The molecule has 0 spiro atoms. The molecule has 0 aliphatic heterocycles. The second kappa shape index (κ2) is 32.6. The first-order chi connectivity index (χ1) is 2.83. The van der Waals surface area contributed by atoms with Crippen molar-refractivity contribution in [2.24, 2.45) is 0 Å². The molecule has 0 aromatic rings. The Morgan fingerprint density at radius 2 is 1.86 bits per heavy atom. The average molecular weight is 250 g/mol. The predicted octanol–water partition coefficient (Wildman–Crippen LogP) is 1.45. The van der Waals surface area contributed by atoms with Gasteiger partial charge < -0.3 is 4.79 Å². The van der Waals surface area contributed by atoms with E-state index >= 15 is 0 Å². The van der Waals surface area contributed by atoms with E-state index < -0.39 is 0 Å². The molecule has 0 N–H and O–H groups in total. The minimum Gasteiger partial charge on any atom is -0.530 e. The summed E-state index contributed by atoms with van der Waals surface area (Å²) in [5.74, 6) is 0. The van der Waals surface area contributed by atoms with E-state index in [1.54, 1.807) is 0 Å². The Bertz CT molecular complexity index is 32.7. The van der Waals surface area contributed by atoms with Gasteiger partial charge in [0.15, 0.2) is 0 Å². The van der Waals surface area contributed by atoms with Crippen LogP contribution in [0.4, 0.5) is 0 Å². The van der Waals surface area contributed by atoms with Gasteiger partial charge in [0.2, 0.25) is 0 Å². The summed E-state index contributed by atoms with van der Waals surface area (Å²) < 4.78 is 0. The molecule has 0 bridgehead atoms. The van der Waals surface area contributed by atoms with Crippen molar-refractivity contribution in [3.63, 3.8) is 0 Å². The normalized spacial score (nSPS) is 3.57. The van der Waals surface area contributed by atoms with Gasteiger partial charge in [-0.3, -0.25) is 15.9 Å². The van der Waals surface area contributed by atoms with Crippen molar-refractivity contribution in [3.8, 4) is 0 Å². The summed E-state index contributed by atoms with van der Waals surface area (Å²) in [5, 5.41) is 1.31. The van der Waals surface area contributed by atoms with Gasteiger partial charge in [-0.05, 0) is 0 Å². The number of allylic oxidation sites excluding steroid dienone is 1. The second-order valence-electron chi connectivity index (χ2n) is 0.366. The minimum absolute atomic E-state index is 0. The molecule has 0 unspecified atom stereocenters. The third-order valence-corrected chi connectivity index (χ3v) is 0. The van der Waals surface area contributed by atoms with Gasteiger partial charge in [-0.25, -0.2) is 19.6 Å². The first kappa shape index (κ1) is 15.7. The van der Waals surface area contributed by atoms with E-state index in [1.165, 1.54) is 11.3 Å². The van der Waals surface area contributed by atoms with Crippen LogP contribution in [-0.2, 0) is 24.3 Å². The minimum atomic E-state index is 0. The third-order valence-electron chi connectivity index (χ3n) is 0. The first-order valence-corrected chi connectivity index (χ1v) is 2.00. The van der Waals surface area contributed by atoms with Crippen LogP contribution in [0.1, 0.15) is 0 Å². The van der Waals surface area contributed by atoms with E-state index in [-0.39, 0.29) is 19.5 Å². The molecule has 0 saturated carbocycles. The van der Waals surface area contributed by atoms with E-state index in [2.05, 4.69) is 29.4 Å². The number of rotatable bonds is 0. The summed E-state index contributed by atoms with van der Waals surface area (Å²) in [4.78, 5) is 8.60. The van der Waals surface area contributed by atoms with Crippen molar-refractivity contribution in [1.29, 1.82) is 0 Å². The molecule has 0 aliphatic carbocycles. The largest absolute Gasteiger partial charge is 2.00 e. The molecule has 0 saturated heterocycles. The Balaban J connectivity index is -0.0000000400. The summed E-state index contributed by atoms with van der Waals surface area (Å²) in [6, 6.07) is 0. The van der Waals surface area contributed by atoms with Gasteiger partial charge in [-0.15, -0.1) is 0 Å². The summed E-state index contributed by atoms with van der Waals surface area (Å²) in [5.41, 5.74) is 0. The Hall–Kier alpha value is 0.383. The molecule has 1 nitrogen and oxygen atoms in total. The Morgan fingerprint density at radius 3 is 1.86 bits per heavy atom. The average Bonchev–Trinajstić information content (AvgIpc) is 1.39. The number of hydrogen-bond acceptors (Lipinski definition) is 1. The van der Waals surface area contributed by atoms with E-state index in [4.69, 9.17) is 4.79 Å². The maximum atomic E-state index is 8.60. The summed E-state index contributed by atoms with van der Waals surface area (Å²) in [6.07, 6.45) is 1.50. The van der Waals surface area contributed by atoms with Crippen LogP contribution in [0.25, 0.3) is 0 Å². The Morgan fingerprint density at radius 1 is 1.86 bits per heavy atom. The van der Waals surface area contributed by atoms with Crippen LogP contribution in [0.2, 0.25) is 0 Å². The number of hydrogen-bond donors (Lipinski definition) is 0. The Labute approximate surface area is 65.1 Å². The van der Waals surface area contributed by atoms with Crippen molar-refractivity contribution in [2.75, 3.05) is 0 Å². The quantitative estimate of drug-likeness (QED) is 0.361. The van der Waals surface area contributed by atoms with E-state index in [1.807, 2.05) is 0 Å². The van der Waals surface area contributed by atoms with Crippen LogP contribution >= 0.6 is 15.9 Å². The predicted molar refractivity (Wildman–Crippen MR) is 30.2 cm³/mol. The topological polar surface area (TPSA) is 17.1 Å². The molecule has 0 amide bonds. The molecule has 7 heavy (non-hydrogen) atoms. The maximum Gasteiger partial charge on any atom is 2.00 e. The van der Waals surface area contributed by atoms with Crippen LogP contribution < -0.4 is 0 Å². The zero-order valence-electron chi connectivity index (χ0n) is 3.63. The van der Waals surface area contributed by atoms with Gasteiger partial charge in [0.05, 0.1) is 0 Å². The van der Waals surface area contributed by atoms with Crippen molar-refractivity contribution < 1.29 is 24.3 Å². The first-order valence-electron chi connectivity index (χ1n) is 1.21. The van der Waals surface area contributed by atoms with Crippen LogP contribution in [0.5, 0.6) is 0 Å². The molecule has 0 atom stereocenters. The van der Waals surface area contributed by atoms with Gasteiger partial charge in [-0.2, -0.15) is 5.20 Å². The van der Waals surface area contributed by atoms with Crippen LogP contribution in [-0.4, -0.2) is 5.20 Å². The molecule has 0 radical (unpaired) electrons. The molecule has 0 aliphatic rings. The van der Waals surface area contributed by atoms with Crippen LogP contribution in [0, 0.1) is 6.92 Å². The summed E-state index contributed by atoms with van der Waals surface area (Å²) in [6.45, 7) is 6.50. The standard InChI is InChI=1S/C3H5.CBrO.Ru/c1-3-2;2-1-3;/h3H,1-2H2;;/q2*-1;+2. The molecule has 42 valence electrons. The van der Waals surface area contributed by atoms with E-state index in [0.29, 0.717) is 0 Å². The van der Waals surface area contributed by atoms with Crippen molar-refractivity contribution in [1.82, 2.24) is 0 Å². The van der Waals surface area contributed by atoms with Gasteiger partial charge in [0, 0.05) is 0 Å². The molecule has 3 heteroatoms. The fourth-order valence-corrected chi connectivity index (χ4v) is 0. The SMILES string of the molecule is C=C[CH2-].O=[C-]Br.[Ru+2]. The fourth-order valence-electron chi connectivity index (χ4n) is 0. The number of carbonyl (C=O) groups excluding carboxylic acids is 1. The molecule has 0 aromatic heterocycles. The maximum absolute atomic E-state index is 8.60. The molecular formula is C4H5BrORu. The van der Waals surface area contributed by atoms with Crippen LogP contribution in [0.15, 0.2) is 12.7 Å². The van der Waals surface area contributed by atoms with Crippen molar-refractivity contribution in [3.05, 3.63) is 19.6 Å². The van der Waals surface area contributed by atoms with Gasteiger partial charge in [0.25, 0.3) is 0 Å². The van der Waals surface area contributed by atoms with E-state index in [0.717, 1.165) is 0 Å². The van der Waals surface area contributed by atoms with Crippen molar-refractivity contribution >= 4 is 21.1 Å². The van der Waals surface area contributed by atoms with Crippen LogP contribution in [0.3, 0.4) is 0 Å². The third kappa shape index (κ3) is 834. The summed E-state index contributed by atoms with van der Waals surface area (Å²) >= 11 is 2.34. The smallest absolute Gasteiger partial charge is 0.530 e. The Kier molecular flexibility index (Phi) is 72.8. The van der Waals surface area contributed by atoms with Gasteiger partial charge >= 0.3 is 19.5 Å². The molecule has 0 rings (SSSR count). The molecule has 0 fully saturated rings. The van der Waals surface area contributed by atoms with E-state index in [9.17, 15) is 0 Å². The fraction of sp³-hybridized carbons (Fsp3) is 0. The number of halogens is 1. The molecular weight excluding hydrogens is 245 g/mol. The zero-order valence-corrected chi connectivity index (χ0v) is 6.96. The van der Waals surface area contributed by atoms with Crippen molar-refractivity contribution in [2.45, 2.75) is 0 Å². The second-order valence-corrected chi connectivity index (χ2v) is 0.690. The molecule has 0 heterocycles.